The molecular weight excluding hydrogens is 238 g/mol. The zero-order chi connectivity index (χ0) is 13.4. The van der Waals surface area contributed by atoms with Crippen molar-refractivity contribution in [3.63, 3.8) is 0 Å². The molecule has 0 radical (unpaired) electrons. The van der Waals surface area contributed by atoms with E-state index in [0.717, 1.165) is 29.9 Å². The summed E-state index contributed by atoms with van der Waals surface area (Å²) in [6.45, 7) is 0. The fraction of sp³-hybridized carbons (Fsp3) is 0.357. The van der Waals surface area contributed by atoms with Crippen molar-refractivity contribution in [1.82, 2.24) is 15.0 Å². The maximum absolute atomic E-state index is 9.10. The van der Waals surface area contributed by atoms with Gasteiger partial charge < -0.3 is 4.90 Å². The van der Waals surface area contributed by atoms with E-state index < -0.39 is 0 Å². The highest BCUT2D eigenvalue weighted by molar-refractivity contribution is 5.50. The molecule has 1 aliphatic rings. The van der Waals surface area contributed by atoms with Crippen LogP contribution in [0.4, 0.5) is 5.69 Å². The lowest BCUT2D eigenvalue weighted by molar-refractivity contribution is 0.763. The second kappa shape index (κ2) is 4.39. The van der Waals surface area contributed by atoms with Crippen molar-refractivity contribution < 1.29 is 0 Å². The molecule has 5 nitrogen and oxygen atoms in total. The summed E-state index contributed by atoms with van der Waals surface area (Å²) in [6, 6.07) is 10.2. The Morgan fingerprint density at radius 3 is 2.47 bits per heavy atom. The van der Waals surface area contributed by atoms with Crippen LogP contribution in [0.1, 0.15) is 30.1 Å². The van der Waals surface area contributed by atoms with Crippen molar-refractivity contribution in [2.75, 3.05) is 19.0 Å². The predicted octanol–water partition coefficient (Wildman–Crippen LogP) is 2.08. The zero-order valence-corrected chi connectivity index (χ0v) is 11.0. The van der Waals surface area contributed by atoms with Crippen LogP contribution in [0.3, 0.4) is 0 Å². The van der Waals surface area contributed by atoms with Gasteiger partial charge in [-0.15, -0.1) is 5.10 Å². The number of rotatable bonds is 3. The highest BCUT2D eigenvalue weighted by Crippen LogP contribution is 2.41. The molecule has 1 heterocycles. The quantitative estimate of drug-likeness (QED) is 0.840. The molecule has 1 aromatic heterocycles. The predicted molar refractivity (Wildman–Crippen MR) is 72.4 cm³/mol. The van der Waals surface area contributed by atoms with E-state index in [-0.39, 0.29) is 0 Å². The van der Waals surface area contributed by atoms with Gasteiger partial charge in [0.25, 0.3) is 0 Å². The minimum absolute atomic E-state index is 0.443. The van der Waals surface area contributed by atoms with Crippen molar-refractivity contribution in [3.05, 3.63) is 35.7 Å². The number of benzene rings is 1. The Morgan fingerprint density at radius 1 is 1.26 bits per heavy atom. The monoisotopic (exact) mass is 253 g/mol. The van der Waals surface area contributed by atoms with Crippen LogP contribution in [0, 0.1) is 11.3 Å². The second-order valence-corrected chi connectivity index (χ2v) is 5.03. The minimum atomic E-state index is 0.443. The molecule has 0 amide bonds. The largest absolute Gasteiger partial charge is 0.378 e. The first-order chi connectivity index (χ1) is 9.20. The van der Waals surface area contributed by atoms with Crippen molar-refractivity contribution in [1.29, 1.82) is 5.26 Å². The molecule has 2 aromatic rings. The molecule has 0 atom stereocenters. The summed E-state index contributed by atoms with van der Waals surface area (Å²) in [6.07, 6.45) is 2.25. The molecule has 1 saturated carbocycles. The Balaban J connectivity index is 2.02. The summed E-state index contributed by atoms with van der Waals surface area (Å²) < 4.78 is 1.80. The molecule has 0 unspecified atom stereocenters. The average Bonchev–Trinajstić information content (AvgIpc) is 3.17. The van der Waals surface area contributed by atoms with Crippen LogP contribution >= 0.6 is 0 Å². The first kappa shape index (κ1) is 11.7. The molecule has 96 valence electrons. The summed E-state index contributed by atoms with van der Waals surface area (Å²) in [7, 11) is 4.02. The number of hydrogen-bond acceptors (Lipinski definition) is 4. The third-order valence-corrected chi connectivity index (χ3v) is 3.39. The topological polar surface area (TPSA) is 57.7 Å². The smallest absolute Gasteiger partial charge is 0.186 e. The van der Waals surface area contributed by atoms with Crippen LogP contribution in [0.15, 0.2) is 24.3 Å². The normalized spacial score (nSPS) is 14.2. The minimum Gasteiger partial charge on any atom is -0.378 e. The van der Waals surface area contributed by atoms with Gasteiger partial charge in [-0.1, -0.05) is 5.21 Å². The molecule has 0 N–H and O–H groups in total. The fourth-order valence-electron chi connectivity index (χ4n) is 2.17. The zero-order valence-electron chi connectivity index (χ0n) is 11.0. The summed E-state index contributed by atoms with van der Waals surface area (Å²) in [5.41, 5.74) is 3.51. The van der Waals surface area contributed by atoms with Crippen molar-refractivity contribution in [2.45, 2.75) is 18.8 Å². The molecule has 0 spiro atoms. The molecule has 0 bridgehead atoms. The number of anilines is 1. The summed E-state index contributed by atoms with van der Waals surface area (Å²) in [5, 5.41) is 17.2. The van der Waals surface area contributed by atoms with Crippen molar-refractivity contribution in [3.8, 4) is 11.8 Å². The number of nitriles is 1. The molecule has 5 heteroatoms. The number of hydrogen-bond donors (Lipinski definition) is 0. The Morgan fingerprint density at radius 2 is 1.95 bits per heavy atom. The fourth-order valence-corrected chi connectivity index (χ4v) is 2.17. The van der Waals surface area contributed by atoms with Gasteiger partial charge in [0.2, 0.25) is 0 Å². The van der Waals surface area contributed by atoms with Crippen LogP contribution in [-0.4, -0.2) is 29.1 Å². The van der Waals surface area contributed by atoms with Crippen molar-refractivity contribution >= 4 is 5.69 Å². The average molecular weight is 253 g/mol. The Bertz CT molecular complexity index is 629. The molecule has 3 rings (SSSR count). The summed E-state index contributed by atoms with van der Waals surface area (Å²) >= 11 is 0. The van der Waals surface area contributed by atoms with Gasteiger partial charge in [-0.25, -0.2) is 4.68 Å². The third kappa shape index (κ3) is 2.06. The summed E-state index contributed by atoms with van der Waals surface area (Å²) in [4.78, 5) is 2.05. The third-order valence-electron chi connectivity index (χ3n) is 3.39. The molecule has 0 saturated heterocycles. The van der Waals surface area contributed by atoms with E-state index in [4.69, 9.17) is 5.26 Å². The number of nitrogens with zero attached hydrogens (tertiary/aromatic N) is 5. The van der Waals surface area contributed by atoms with Crippen LogP contribution in [0.25, 0.3) is 5.69 Å². The van der Waals surface area contributed by atoms with Crippen LogP contribution < -0.4 is 4.90 Å². The second-order valence-electron chi connectivity index (χ2n) is 5.03. The number of aromatic nitrogens is 3. The highest BCUT2D eigenvalue weighted by atomic mass is 15.4. The molecule has 1 aromatic carbocycles. The standard InChI is InChI=1S/C14H15N5/c1-18(2)11-5-7-12(8-6-11)19-14(10-3-4-10)13(9-15)16-17-19/h5-8,10H,3-4H2,1-2H3. The summed E-state index contributed by atoms with van der Waals surface area (Å²) in [5.74, 6) is 0.443. The van der Waals surface area contributed by atoms with Crippen LogP contribution in [0.2, 0.25) is 0 Å². The maximum Gasteiger partial charge on any atom is 0.186 e. The lowest BCUT2D eigenvalue weighted by Gasteiger charge is -2.13. The maximum atomic E-state index is 9.10. The van der Waals surface area contributed by atoms with Gasteiger partial charge in [0.15, 0.2) is 5.69 Å². The van der Waals surface area contributed by atoms with Crippen molar-refractivity contribution in [2.24, 2.45) is 0 Å². The SMILES string of the molecule is CN(C)c1ccc(-n2nnc(C#N)c2C2CC2)cc1. The van der Waals surface area contributed by atoms with E-state index in [1.54, 1.807) is 4.68 Å². The first-order valence-corrected chi connectivity index (χ1v) is 6.34. The Labute approximate surface area is 112 Å². The lowest BCUT2D eigenvalue weighted by atomic mass is 10.2. The van der Waals surface area contributed by atoms with Gasteiger partial charge in [-0.3, -0.25) is 0 Å². The van der Waals surface area contributed by atoms with E-state index in [2.05, 4.69) is 16.4 Å². The van der Waals surface area contributed by atoms with Gasteiger partial charge in [0.1, 0.15) is 6.07 Å². The van der Waals surface area contributed by atoms with Gasteiger partial charge in [0.05, 0.1) is 11.4 Å². The molecule has 0 aliphatic heterocycles. The van der Waals surface area contributed by atoms with Gasteiger partial charge in [-0.05, 0) is 37.1 Å². The molecular formula is C14H15N5. The van der Waals surface area contributed by atoms with E-state index in [1.165, 1.54) is 0 Å². The molecule has 1 aliphatic carbocycles. The Hall–Kier alpha value is -2.35. The molecule has 19 heavy (non-hydrogen) atoms. The van der Waals surface area contributed by atoms with E-state index in [9.17, 15) is 0 Å². The van der Waals surface area contributed by atoms with Gasteiger partial charge in [0, 0.05) is 25.7 Å². The van der Waals surface area contributed by atoms with Crippen LogP contribution in [-0.2, 0) is 0 Å². The van der Waals surface area contributed by atoms with Gasteiger partial charge >= 0.3 is 0 Å². The van der Waals surface area contributed by atoms with Gasteiger partial charge in [-0.2, -0.15) is 5.26 Å². The van der Waals surface area contributed by atoms with E-state index >= 15 is 0 Å². The first-order valence-electron chi connectivity index (χ1n) is 6.34. The Kier molecular flexibility index (Phi) is 2.71. The van der Waals surface area contributed by atoms with E-state index in [1.807, 2.05) is 43.3 Å². The van der Waals surface area contributed by atoms with Crippen LogP contribution in [0.5, 0.6) is 0 Å². The van der Waals surface area contributed by atoms with E-state index in [0.29, 0.717) is 11.6 Å². The lowest BCUT2D eigenvalue weighted by Crippen LogP contribution is -2.09. The highest BCUT2D eigenvalue weighted by Gasteiger charge is 2.31. The molecule has 1 fully saturated rings.